The third kappa shape index (κ3) is 3.15. The van der Waals surface area contributed by atoms with Crippen molar-refractivity contribution in [3.63, 3.8) is 0 Å². The third-order valence-electron chi connectivity index (χ3n) is 3.75. The van der Waals surface area contributed by atoms with Crippen LogP contribution in [0.1, 0.15) is 30.9 Å². The zero-order valence-electron chi connectivity index (χ0n) is 13.1. The van der Waals surface area contributed by atoms with Crippen LogP contribution in [-0.4, -0.2) is 45.1 Å². The van der Waals surface area contributed by atoms with Gasteiger partial charge < -0.3 is 14.5 Å². The van der Waals surface area contributed by atoms with Gasteiger partial charge in [0, 0.05) is 24.7 Å². The van der Waals surface area contributed by atoms with Gasteiger partial charge in [0.05, 0.1) is 13.2 Å². The summed E-state index contributed by atoms with van der Waals surface area (Å²) in [7, 11) is -3.56. The molecule has 6 nitrogen and oxygen atoms in total. The van der Waals surface area contributed by atoms with Crippen LogP contribution in [0.5, 0.6) is 0 Å². The molecule has 1 aliphatic rings. The number of sulfonamides is 1. The predicted octanol–water partition coefficient (Wildman–Crippen LogP) is 1.42. The molecule has 0 aliphatic carbocycles. The van der Waals surface area contributed by atoms with Gasteiger partial charge in [-0.05, 0) is 27.3 Å². The minimum absolute atomic E-state index is 0.162. The van der Waals surface area contributed by atoms with Gasteiger partial charge in [-0.25, -0.2) is 8.42 Å². The van der Waals surface area contributed by atoms with E-state index < -0.39 is 10.0 Å². The molecule has 1 unspecified atom stereocenters. The molecule has 1 aromatic heterocycles. The van der Waals surface area contributed by atoms with Crippen LogP contribution in [0.4, 0.5) is 0 Å². The maximum Gasteiger partial charge on any atom is 0.247 e. The molecule has 0 bridgehead atoms. The Hall–Kier alpha value is -0.890. The smallest absolute Gasteiger partial charge is 0.247 e. The SMILES string of the molecule is CCNCc1c(C)oc(C)c1S(=O)(=O)N1CCOCC1C. The van der Waals surface area contributed by atoms with E-state index in [0.717, 1.165) is 12.1 Å². The number of rotatable bonds is 5. The second-order valence-corrected chi connectivity index (χ2v) is 7.17. The summed E-state index contributed by atoms with van der Waals surface area (Å²) in [5.41, 5.74) is 0.730. The van der Waals surface area contributed by atoms with E-state index >= 15 is 0 Å². The minimum Gasteiger partial charge on any atom is -0.465 e. The summed E-state index contributed by atoms with van der Waals surface area (Å²) in [5, 5.41) is 3.18. The molecule has 0 radical (unpaired) electrons. The van der Waals surface area contributed by atoms with Gasteiger partial charge in [-0.1, -0.05) is 6.92 Å². The normalized spacial score (nSPS) is 20.9. The van der Waals surface area contributed by atoms with Crippen molar-refractivity contribution in [1.29, 1.82) is 0 Å². The molecule has 1 saturated heterocycles. The van der Waals surface area contributed by atoms with Crippen molar-refractivity contribution in [1.82, 2.24) is 9.62 Å². The van der Waals surface area contributed by atoms with Crippen molar-refractivity contribution < 1.29 is 17.6 Å². The number of aryl methyl sites for hydroxylation is 2. The highest BCUT2D eigenvalue weighted by Crippen LogP contribution is 2.30. The van der Waals surface area contributed by atoms with E-state index in [9.17, 15) is 8.42 Å². The van der Waals surface area contributed by atoms with Crippen LogP contribution >= 0.6 is 0 Å². The molecule has 1 N–H and O–H groups in total. The highest BCUT2D eigenvalue weighted by atomic mass is 32.2. The monoisotopic (exact) mass is 316 g/mol. The van der Waals surface area contributed by atoms with Gasteiger partial charge >= 0.3 is 0 Å². The van der Waals surface area contributed by atoms with E-state index in [1.165, 1.54) is 4.31 Å². The lowest BCUT2D eigenvalue weighted by molar-refractivity contribution is 0.0392. The van der Waals surface area contributed by atoms with Crippen LogP contribution in [0.3, 0.4) is 0 Å². The first-order chi connectivity index (χ1) is 9.89. The van der Waals surface area contributed by atoms with Crippen LogP contribution in [0, 0.1) is 13.8 Å². The van der Waals surface area contributed by atoms with Crippen LogP contribution < -0.4 is 5.32 Å². The Morgan fingerprint density at radius 3 is 2.67 bits per heavy atom. The fraction of sp³-hybridized carbons (Fsp3) is 0.714. The molecule has 1 aliphatic heterocycles. The van der Waals surface area contributed by atoms with Crippen molar-refractivity contribution in [3.8, 4) is 0 Å². The Bertz CT molecular complexity index is 594. The van der Waals surface area contributed by atoms with Gasteiger partial charge in [-0.15, -0.1) is 0 Å². The lowest BCUT2D eigenvalue weighted by Crippen LogP contribution is -2.47. The Labute approximate surface area is 126 Å². The van der Waals surface area contributed by atoms with Gasteiger partial charge in [0.15, 0.2) is 0 Å². The second-order valence-electron chi connectivity index (χ2n) is 5.34. The quantitative estimate of drug-likeness (QED) is 0.889. The summed E-state index contributed by atoms with van der Waals surface area (Å²) < 4.78 is 38.4. The summed E-state index contributed by atoms with van der Waals surface area (Å²) in [6.07, 6.45) is 0. The fourth-order valence-electron chi connectivity index (χ4n) is 2.69. The van der Waals surface area contributed by atoms with Gasteiger partial charge in [-0.3, -0.25) is 0 Å². The molecule has 120 valence electrons. The molecule has 21 heavy (non-hydrogen) atoms. The van der Waals surface area contributed by atoms with Crippen molar-refractivity contribution in [2.24, 2.45) is 0 Å². The van der Waals surface area contributed by atoms with E-state index in [1.807, 2.05) is 13.8 Å². The summed E-state index contributed by atoms with van der Waals surface area (Å²) >= 11 is 0. The topological polar surface area (TPSA) is 71.8 Å². The average molecular weight is 316 g/mol. The maximum absolute atomic E-state index is 13.0. The van der Waals surface area contributed by atoms with Gasteiger partial charge in [-0.2, -0.15) is 4.31 Å². The zero-order valence-corrected chi connectivity index (χ0v) is 13.9. The summed E-state index contributed by atoms with van der Waals surface area (Å²) in [5.74, 6) is 1.12. The Morgan fingerprint density at radius 1 is 1.33 bits per heavy atom. The molecule has 0 amide bonds. The van der Waals surface area contributed by atoms with Crippen LogP contribution in [0.25, 0.3) is 0 Å². The Kier molecular flexibility index (Phi) is 5.08. The molecule has 0 spiro atoms. The summed E-state index contributed by atoms with van der Waals surface area (Å²) in [4.78, 5) is 0.315. The molecule has 0 saturated carbocycles. The van der Waals surface area contributed by atoms with E-state index in [-0.39, 0.29) is 6.04 Å². The molecule has 0 aromatic carbocycles. The molecular weight excluding hydrogens is 292 g/mol. The van der Waals surface area contributed by atoms with Gasteiger partial charge in [0.25, 0.3) is 0 Å². The first-order valence-corrected chi connectivity index (χ1v) is 8.72. The highest BCUT2D eigenvalue weighted by Gasteiger charge is 2.36. The number of hydrogen-bond donors (Lipinski definition) is 1. The number of morpholine rings is 1. The van der Waals surface area contributed by atoms with E-state index in [2.05, 4.69) is 5.32 Å². The highest BCUT2D eigenvalue weighted by molar-refractivity contribution is 7.89. The molecule has 7 heteroatoms. The lowest BCUT2D eigenvalue weighted by atomic mass is 10.2. The van der Waals surface area contributed by atoms with Crippen molar-refractivity contribution in [3.05, 3.63) is 17.1 Å². The number of furan rings is 1. The van der Waals surface area contributed by atoms with Crippen molar-refractivity contribution >= 4 is 10.0 Å². The van der Waals surface area contributed by atoms with Crippen LogP contribution in [-0.2, 0) is 21.3 Å². The maximum atomic E-state index is 13.0. The number of nitrogens with one attached hydrogen (secondary N) is 1. The van der Waals surface area contributed by atoms with E-state index in [4.69, 9.17) is 9.15 Å². The molecule has 1 fully saturated rings. The van der Waals surface area contributed by atoms with Gasteiger partial charge in [0.2, 0.25) is 10.0 Å². The molecule has 2 heterocycles. The fourth-order valence-corrected chi connectivity index (χ4v) is 4.70. The van der Waals surface area contributed by atoms with Crippen LogP contribution in [0.2, 0.25) is 0 Å². The second kappa shape index (κ2) is 6.48. The average Bonchev–Trinajstić information content (AvgIpc) is 2.71. The summed E-state index contributed by atoms with van der Waals surface area (Å²) in [6, 6.07) is -0.162. The molecule has 1 aromatic rings. The van der Waals surface area contributed by atoms with Crippen LogP contribution in [0.15, 0.2) is 9.31 Å². The standard InChI is InChI=1S/C14H24N2O4S/c1-5-15-8-13-11(3)20-12(4)14(13)21(17,18)16-6-7-19-9-10(16)2/h10,15H,5-9H2,1-4H3. The predicted molar refractivity (Wildman–Crippen MR) is 79.7 cm³/mol. The summed E-state index contributed by atoms with van der Waals surface area (Å²) in [6.45, 7) is 9.88. The third-order valence-corrected chi connectivity index (χ3v) is 5.96. The largest absolute Gasteiger partial charge is 0.465 e. The van der Waals surface area contributed by atoms with E-state index in [1.54, 1.807) is 13.8 Å². The molecule has 1 atom stereocenters. The first kappa shape index (κ1) is 16.5. The number of ether oxygens (including phenoxy) is 1. The Morgan fingerprint density at radius 2 is 2.05 bits per heavy atom. The van der Waals surface area contributed by atoms with E-state index in [0.29, 0.717) is 42.7 Å². The van der Waals surface area contributed by atoms with Crippen molar-refractivity contribution in [2.75, 3.05) is 26.3 Å². The van der Waals surface area contributed by atoms with Crippen molar-refractivity contribution in [2.45, 2.75) is 45.2 Å². The number of nitrogens with zero attached hydrogens (tertiary/aromatic N) is 1. The Balaban J connectivity index is 2.43. The number of hydrogen-bond acceptors (Lipinski definition) is 5. The van der Waals surface area contributed by atoms with Gasteiger partial charge in [0.1, 0.15) is 16.4 Å². The molecule has 2 rings (SSSR count). The zero-order chi connectivity index (χ0) is 15.6. The molecular formula is C14H24N2O4S. The lowest BCUT2D eigenvalue weighted by Gasteiger charge is -2.32. The first-order valence-electron chi connectivity index (χ1n) is 7.28. The minimum atomic E-state index is -3.56.